The molecule has 0 saturated heterocycles. The van der Waals surface area contributed by atoms with E-state index in [9.17, 15) is 0 Å². The Morgan fingerprint density at radius 3 is 2.72 bits per heavy atom. The highest BCUT2D eigenvalue weighted by Crippen LogP contribution is 2.21. The van der Waals surface area contributed by atoms with Crippen molar-refractivity contribution in [3.8, 4) is 5.75 Å². The Bertz CT molecular complexity index is 355. The molecule has 4 heteroatoms. The maximum absolute atomic E-state index is 5.73. The van der Waals surface area contributed by atoms with Crippen LogP contribution in [0.25, 0.3) is 0 Å². The summed E-state index contributed by atoms with van der Waals surface area (Å²) in [6, 6.07) is 5.91. The number of nitrogens with two attached hydrogens (primary N) is 1. The summed E-state index contributed by atoms with van der Waals surface area (Å²) in [5.41, 5.74) is 7.72. The molecule has 1 aromatic carbocycles. The lowest BCUT2D eigenvalue weighted by Crippen LogP contribution is -2.16. The van der Waals surface area contributed by atoms with Gasteiger partial charge in [0, 0.05) is 18.7 Å². The number of benzene rings is 1. The van der Waals surface area contributed by atoms with Crippen molar-refractivity contribution >= 4 is 0 Å². The van der Waals surface area contributed by atoms with Gasteiger partial charge >= 0.3 is 0 Å². The van der Waals surface area contributed by atoms with Gasteiger partial charge in [-0.3, -0.25) is 0 Å². The molecule has 4 nitrogen and oxygen atoms in total. The second-order valence-corrected chi connectivity index (χ2v) is 4.13. The van der Waals surface area contributed by atoms with Gasteiger partial charge in [-0.05, 0) is 31.5 Å². The molecular formula is C14H23NO3. The van der Waals surface area contributed by atoms with Crippen LogP contribution in [0, 0.1) is 0 Å². The molecule has 0 fully saturated rings. The molecule has 0 bridgehead atoms. The molecule has 0 aliphatic heterocycles. The summed E-state index contributed by atoms with van der Waals surface area (Å²) in [6.45, 7) is 6.31. The van der Waals surface area contributed by atoms with Crippen molar-refractivity contribution in [3.63, 3.8) is 0 Å². The Balaban J connectivity index is 2.59. The van der Waals surface area contributed by atoms with Crippen molar-refractivity contribution in [1.82, 2.24) is 0 Å². The predicted octanol–water partition coefficient (Wildman–Crippen LogP) is 2.10. The van der Waals surface area contributed by atoms with Gasteiger partial charge in [0.2, 0.25) is 0 Å². The zero-order valence-electron chi connectivity index (χ0n) is 11.4. The molecule has 18 heavy (non-hydrogen) atoms. The van der Waals surface area contributed by atoms with Crippen molar-refractivity contribution in [2.24, 2.45) is 5.73 Å². The van der Waals surface area contributed by atoms with Crippen LogP contribution in [0.4, 0.5) is 0 Å². The van der Waals surface area contributed by atoms with E-state index in [4.69, 9.17) is 19.9 Å². The van der Waals surface area contributed by atoms with Gasteiger partial charge < -0.3 is 19.9 Å². The summed E-state index contributed by atoms with van der Waals surface area (Å²) < 4.78 is 16.3. The minimum absolute atomic E-state index is 0.0659. The molecule has 0 amide bonds. The van der Waals surface area contributed by atoms with Crippen molar-refractivity contribution in [1.29, 1.82) is 0 Å². The molecule has 0 aliphatic carbocycles. The first-order valence-electron chi connectivity index (χ1n) is 6.26. The van der Waals surface area contributed by atoms with E-state index in [0.717, 1.165) is 16.9 Å². The van der Waals surface area contributed by atoms with Gasteiger partial charge in [0.05, 0.1) is 26.4 Å². The van der Waals surface area contributed by atoms with Crippen molar-refractivity contribution in [2.75, 3.05) is 20.3 Å². The molecule has 0 spiro atoms. The lowest BCUT2D eigenvalue weighted by molar-refractivity contribution is -0.0122. The second kappa shape index (κ2) is 8.08. The number of rotatable bonds is 8. The van der Waals surface area contributed by atoms with E-state index in [1.165, 1.54) is 0 Å². The van der Waals surface area contributed by atoms with E-state index in [1.807, 2.05) is 32.0 Å². The molecule has 1 unspecified atom stereocenters. The van der Waals surface area contributed by atoms with Gasteiger partial charge in [-0.25, -0.2) is 0 Å². The topological polar surface area (TPSA) is 53.7 Å². The number of methoxy groups -OCH3 is 1. The Labute approximate surface area is 109 Å². The maximum atomic E-state index is 5.73. The highest BCUT2D eigenvalue weighted by molar-refractivity contribution is 5.36. The van der Waals surface area contributed by atoms with Crippen LogP contribution in [0.1, 0.15) is 25.0 Å². The predicted molar refractivity (Wildman–Crippen MR) is 71.6 cm³/mol. The summed E-state index contributed by atoms with van der Waals surface area (Å²) in [7, 11) is 1.66. The maximum Gasteiger partial charge on any atom is 0.124 e. The van der Waals surface area contributed by atoms with Crippen LogP contribution >= 0.6 is 0 Å². The second-order valence-electron chi connectivity index (χ2n) is 4.13. The van der Waals surface area contributed by atoms with Crippen LogP contribution in [0.15, 0.2) is 18.2 Å². The Morgan fingerprint density at radius 2 is 2.11 bits per heavy atom. The smallest absolute Gasteiger partial charge is 0.124 e. The van der Waals surface area contributed by atoms with Gasteiger partial charge in [-0.15, -0.1) is 0 Å². The average molecular weight is 253 g/mol. The normalized spacial score (nSPS) is 12.4. The molecule has 0 saturated carbocycles. The average Bonchev–Trinajstić information content (AvgIpc) is 2.42. The molecular weight excluding hydrogens is 230 g/mol. The standard InChI is InChI=1S/C14H23NO3/c1-4-17-9-11(2)18-10-13-7-12(8-15)5-6-14(13)16-3/h5-7,11H,4,8-10,15H2,1-3H3. The van der Waals surface area contributed by atoms with E-state index >= 15 is 0 Å². The summed E-state index contributed by atoms with van der Waals surface area (Å²) in [6.07, 6.45) is 0.0659. The molecule has 0 radical (unpaired) electrons. The molecule has 1 rings (SSSR count). The fourth-order valence-electron chi connectivity index (χ4n) is 1.64. The summed E-state index contributed by atoms with van der Waals surface area (Å²) in [5, 5.41) is 0. The lowest BCUT2D eigenvalue weighted by atomic mass is 10.1. The van der Waals surface area contributed by atoms with E-state index < -0.39 is 0 Å². The van der Waals surface area contributed by atoms with E-state index in [2.05, 4.69) is 0 Å². The molecule has 0 aromatic heterocycles. The van der Waals surface area contributed by atoms with E-state index in [0.29, 0.717) is 26.4 Å². The first-order valence-corrected chi connectivity index (χ1v) is 6.26. The molecule has 102 valence electrons. The third-order valence-electron chi connectivity index (χ3n) is 2.66. The monoisotopic (exact) mass is 253 g/mol. The van der Waals surface area contributed by atoms with Crippen LogP contribution in [-0.2, 0) is 22.6 Å². The zero-order valence-corrected chi connectivity index (χ0v) is 11.4. The van der Waals surface area contributed by atoms with Gasteiger partial charge in [-0.1, -0.05) is 6.07 Å². The lowest BCUT2D eigenvalue weighted by Gasteiger charge is -2.15. The van der Waals surface area contributed by atoms with Crippen molar-refractivity contribution in [3.05, 3.63) is 29.3 Å². The molecule has 2 N–H and O–H groups in total. The first kappa shape index (κ1) is 15.0. The minimum atomic E-state index is 0.0659. The zero-order chi connectivity index (χ0) is 13.4. The first-order chi connectivity index (χ1) is 8.71. The fourth-order valence-corrected chi connectivity index (χ4v) is 1.64. The van der Waals surface area contributed by atoms with Crippen LogP contribution in [0.5, 0.6) is 5.75 Å². The number of ether oxygens (including phenoxy) is 3. The summed E-state index contributed by atoms with van der Waals surface area (Å²) in [4.78, 5) is 0. The van der Waals surface area contributed by atoms with Crippen LogP contribution in [-0.4, -0.2) is 26.4 Å². The van der Waals surface area contributed by atoms with Crippen LogP contribution < -0.4 is 10.5 Å². The molecule has 0 heterocycles. The summed E-state index contributed by atoms with van der Waals surface area (Å²) >= 11 is 0. The SMILES string of the molecule is CCOCC(C)OCc1cc(CN)ccc1OC. The molecule has 1 aromatic rings. The highest BCUT2D eigenvalue weighted by Gasteiger charge is 2.07. The van der Waals surface area contributed by atoms with E-state index in [-0.39, 0.29) is 6.10 Å². The van der Waals surface area contributed by atoms with Gasteiger partial charge in [0.15, 0.2) is 0 Å². The fraction of sp³-hybridized carbons (Fsp3) is 0.571. The quantitative estimate of drug-likeness (QED) is 0.771. The van der Waals surface area contributed by atoms with Crippen LogP contribution in [0.2, 0.25) is 0 Å². The Kier molecular flexibility index (Phi) is 6.72. The van der Waals surface area contributed by atoms with Gasteiger partial charge in [0.1, 0.15) is 5.75 Å². The van der Waals surface area contributed by atoms with Gasteiger partial charge in [0.25, 0.3) is 0 Å². The summed E-state index contributed by atoms with van der Waals surface area (Å²) in [5.74, 6) is 0.829. The number of hydrogen-bond acceptors (Lipinski definition) is 4. The third kappa shape index (κ3) is 4.64. The van der Waals surface area contributed by atoms with E-state index in [1.54, 1.807) is 7.11 Å². The highest BCUT2D eigenvalue weighted by atomic mass is 16.5. The van der Waals surface area contributed by atoms with Crippen molar-refractivity contribution in [2.45, 2.75) is 33.1 Å². The largest absolute Gasteiger partial charge is 0.496 e. The molecule has 1 atom stereocenters. The molecule has 0 aliphatic rings. The number of hydrogen-bond donors (Lipinski definition) is 1. The Hall–Kier alpha value is -1.10. The van der Waals surface area contributed by atoms with Crippen LogP contribution in [0.3, 0.4) is 0 Å². The third-order valence-corrected chi connectivity index (χ3v) is 2.66. The minimum Gasteiger partial charge on any atom is -0.496 e. The van der Waals surface area contributed by atoms with Crippen molar-refractivity contribution < 1.29 is 14.2 Å². The Morgan fingerprint density at radius 1 is 1.33 bits per heavy atom. The van der Waals surface area contributed by atoms with Gasteiger partial charge in [-0.2, -0.15) is 0 Å².